The molecule has 0 saturated carbocycles. The number of hydrogen-bond acceptors (Lipinski definition) is 1. The van der Waals surface area contributed by atoms with Gasteiger partial charge < -0.3 is 0 Å². The van der Waals surface area contributed by atoms with Crippen LogP contribution in [0.3, 0.4) is 0 Å². The molecule has 0 aromatic heterocycles. The summed E-state index contributed by atoms with van der Waals surface area (Å²) in [5.41, 5.74) is 1.60. The second-order valence-corrected chi connectivity index (χ2v) is 11.8. The first kappa shape index (κ1) is 15.7. The minimum absolute atomic E-state index is 0.429. The maximum absolute atomic E-state index is 11.4. The third-order valence-corrected chi connectivity index (χ3v) is 11.4. The largest absolute Gasteiger partial charge is 0.299 e. The first-order chi connectivity index (χ1) is 10.7. The maximum Gasteiger partial charge on any atom is 0.136 e. The van der Waals surface area contributed by atoms with Gasteiger partial charge in [0.05, 0.1) is 8.07 Å². The van der Waals surface area contributed by atoms with E-state index in [0.717, 1.165) is 18.8 Å². The third-order valence-electron chi connectivity index (χ3n) is 5.87. The molecule has 1 aliphatic heterocycles. The molecule has 1 saturated heterocycles. The molecule has 2 aliphatic rings. The summed E-state index contributed by atoms with van der Waals surface area (Å²) in [5, 5.41) is 1.68. The Balaban J connectivity index is 1.72. The first-order valence-electron chi connectivity index (χ1n) is 9.00. The zero-order valence-electron chi connectivity index (χ0n) is 13.8. The van der Waals surface area contributed by atoms with Crippen LogP contribution in [0.15, 0.2) is 42.0 Å². The van der Waals surface area contributed by atoms with Crippen LogP contribution in [0.4, 0.5) is 0 Å². The van der Waals surface area contributed by atoms with Crippen LogP contribution in [0.5, 0.6) is 0 Å². The van der Waals surface area contributed by atoms with Gasteiger partial charge in [0.1, 0.15) is 5.78 Å². The summed E-state index contributed by atoms with van der Waals surface area (Å²) < 4.78 is 0. The van der Waals surface area contributed by atoms with Crippen molar-refractivity contribution in [2.75, 3.05) is 0 Å². The molecule has 1 aromatic rings. The Hall–Kier alpha value is -1.15. The van der Waals surface area contributed by atoms with E-state index in [1.165, 1.54) is 37.4 Å². The van der Waals surface area contributed by atoms with E-state index in [9.17, 15) is 4.79 Å². The van der Waals surface area contributed by atoms with E-state index in [1.807, 2.05) is 0 Å². The lowest BCUT2D eigenvalue weighted by Crippen LogP contribution is -2.50. The molecular formula is C20H28OSi. The quantitative estimate of drug-likeness (QED) is 0.574. The number of carbonyl (C=O) groups excluding carboxylic acids is 1. The number of ketones is 1. The van der Waals surface area contributed by atoms with E-state index in [4.69, 9.17) is 0 Å². The summed E-state index contributed by atoms with van der Waals surface area (Å²) in [4.78, 5) is 11.4. The van der Waals surface area contributed by atoms with E-state index in [0.29, 0.717) is 12.2 Å². The molecule has 0 amide bonds. The summed E-state index contributed by atoms with van der Waals surface area (Å²) >= 11 is 0. The Morgan fingerprint density at radius 2 is 1.82 bits per heavy atom. The molecule has 0 N–H and O–H groups in total. The molecule has 1 fully saturated rings. The summed E-state index contributed by atoms with van der Waals surface area (Å²) in [5.74, 6) is 1.20. The van der Waals surface area contributed by atoms with Gasteiger partial charge in [-0.3, -0.25) is 4.79 Å². The smallest absolute Gasteiger partial charge is 0.136 e. The van der Waals surface area contributed by atoms with E-state index in [1.54, 1.807) is 10.8 Å². The van der Waals surface area contributed by atoms with Gasteiger partial charge >= 0.3 is 0 Å². The molecule has 1 heterocycles. The predicted octanol–water partition coefficient (Wildman–Crippen LogP) is 4.84. The van der Waals surface area contributed by atoms with Crippen LogP contribution in [0.1, 0.15) is 45.4 Å². The molecule has 0 atom stereocenters. The van der Waals surface area contributed by atoms with Crippen LogP contribution in [0.2, 0.25) is 18.1 Å². The van der Waals surface area contributed by atoms with Crippen LogP contribution < -0.4 is 5.19 Å². The van der Waals surface area contributed by atoms with Crippen molar-refractivity contribution in [2.45, 2.75) is 63.6 Å². The van der Waals surface area contributed by atoms with Crippen LogP contribution in [-0.2, 0) is 4.79 Å². The van der Waals surface area contributed by atoms with E-state index < -0.39 is 8.07 Å². The first-order valence-corrected chi connectivity index (χ1v) is 11.6. The Bertz CT molecular complexity index is 538. The highest BCUT2D eigenvalue weighted by atomic mass is 28.3. The van der Waals surface area contributed by atoms with Gasteiger partial charge in [-0.25, -0.2) is 0 Å². The molecular weight excluding hydrogens is 284 g/mol. The van der Waals surface area contributed by atoms with Crippen LogP contribution >= 0.6 is 0 Å². The fourth-order valence-corrected chi connectivity index (χ4v) is 9.87. The van der Waals surface area contributed by atoms with Crippen LogP contribution in [0.25, 0.3) is 0 Å². The van der Waals surface area contributed by atoms with E-state index in [2.05, 4.69) is 43.3 Å². The second-order valence-electron chi connectivity index (χ2n) is 7.19. The highest BCUT2D eigenvalue weighted by molar-refractivity contribution is 6.92. The molecule has 1 nitrogen and oxygen atoms in total. The molecule has 2 heteroatoms. The van der Waals surface area contributed by atoms with Gasteiger partial charge in [0, 0.05) is 12.8 Å². The van der Waals surface area contributed by atoms with Gasteiger partial charge in [0.15, 0.2) is 0 Å². The molecule has 0 bridgehead atoms. The summed E-state index contributed by atoms with van der Waals surface area (Å²) in [6.07, 6.45) is 8.83. The zero-order valence-corrected chi connectivity index (χ0v) is 14.8. The molecule has 22 heavy (non-hydrogen) atoms. The Morgan fingerprint density at radius 3 is 2.41 bits per heavy atom. The molecule has 0 unspecified atom stereocenters. The van der Waals surface area contributed by atoms with Gasteiger partial charge in [0.25, 0.3) is 0 Å². The van der Waals surface area contributed by atoms with Crippen molar-refractivity contribution < 1.29 is 4.79 Å². The Kier molecular flexibility index (Phi) is 4.97. The molecule has 0 radical (unpaired) electrons. The number of hydrogen-bond donors (Lipinski definition) is 0. The second kappa shape index (κ2) is 6.95. The van der Waals surface area contributed by atoms with Gasteiger partial charge in [0.2, 0.25) is 0 Å². The fraction of sp³-hybridized carbons (Fsp3) is 0.550. The van der Waals surface area contributed by atoms with Crippen LogP contribution in [0, 0.1) is 5.92 Å². The fourth-order valence-electron chi connectivity index (χ4n) is 4.60. The normalized spacial score (nSPS) is 29.2. The average molecular weight is 313 g/mol. The number of Topliss-reactive ketones (excluding diaryl/α,β-unsaturated/α-hetero) is 1. The molecule has 1 aromatic carbocycles. The minimum Gasteiger partial charge on any atom is -0.299 e. The van der Waals surface area contributed by atoms with Crippen molar-refractivity contribution in [1.82, 2.24) is 0 Å². The van der Waals surface area contributed by atoms with Crippen LogP contribution in [-0.4, -0.2) is 13.9 Å². The van der Waals surface area contributed by atoms with Crippen molar-refractivity contribution >= 4 is 19.0 Å². The summed E-state index contributed by atoms with van der Waals surface area (Å²) in [7, 11) is -1.27. The molecule has 3 rings (SSSR count). The van der Waals surface area contributed by atoms with Crippen molar-refractivity contribution in [3.05, 3.63) is 42.0 Å². The number of carbonyl (C=O) groups is 1. The van der Waals surface area contributed by atoms with Crippen molar-refractivity contribution in [3.8, 4) is 0 Å². The van der Waals surface area contributed by atoms with Crippen molar-refractivity contribution in [2.24, 2.45) is 5.92 Å². The summed E-state index contributed by atoms with van der Waals surface area (Å²) in [6.45, 7) is 2.35. The molecule has 118 valence electrons. The number of rotatable bonds is 4. The minimum atomic E-state index is -1.27. The Morgan fingerprint density at radius 1 is 1.09 bits per heavy atom. The molecule has 1 aliphatic carbocycles. The standard InChI is InChI=1S/C20H28OSi/c1-2-14-22(20-6-4-3-5-7-20)15-12-18(13-16-22)17-8-10-19(21)11-9-17/h3-8,18H,2,9-16H2,1H3. The summed E-state index contributed by atoms with van der Waals surface area (Å²) in [6, 6.07) is 15.7. The van der Waals surface area contributed by atoms with E-state index in [-0.39, 0.29) is 0 Å². The number of benzene rings is 1. The monoisotopic (exact) mass is 312 g/mol. The average Bonchev–Trinajstić information content (AvgIpc) is 2.57. The topological polar surface area (TPSA) is 17.1 Å². The SMILES string of the molecule is CCC[Si]1(c2ccccc2)CCC(C2=CCC(=O)CC2)CC1. The highest BCUT2D eigenvalue weighted by Gasteiger charge is 2.39. The lowest BCUT2D eigenvalue weighted by molar-refractivity contribution is -0.118. The predicted molar refractivity (Wildman–Crippen MR) is 96.2 cm³/mol. The highest BCUT2D eigenvalue weighted by Crippen LogP contribution is 2.40. The number of allylic oxidation sites excluding steroid dienone is 2. The van der Waals surface area contributed by atoms with Gasteiger partial charge in [-0.05, 0) is 25.2 Å². The Labute approximate surface area is 135 Å². The van der Waals surface area contributed by atoms with Crippen molar-refractivity contribution in [3.63, 3.8) is 0 Å². The zero-order chi connectivity index (χ0) is 15.4. The van der Waals surface area contributed by atoms with Gasteiger partial charge in [-0.2, -0.15) is 0 Å². The molecule has 0 spiro atoms. The maximum atomic E-state index is 11.4. The van der Waals surface area contributed by atoms with Crippen molar-refractivity contribution in [1.29, 1.82) is 0 Å². The van der Waals surface area contributed by atoms with Gasteiger partial charge in [-0.15, -0.1) is 0 Å². The lowest BCUT2D eigenvalue weighted by atomic mass is 9.85. The lowest BCUT2D eigenvalue weighted by Gasteiger charge is -2.40. The third kappa shape index (κ3) is 3.27. The van der Waals surface area contributed by atoms with E-state index >= 15 is 0 Å². The van der Waals surface area contributed by atoms with Gasteiger partial charge in [-0.1, -0.05) is 78.6 Å².